The van der Waals surface area contributed by atoms with E-state index in [4.69, 9.17) is 0 Å². The maximum Gasteiger partial charge on any atom is 0.141 e. The SMILES string of the molecule is CC(C)(C)n1ncnc1CN1CCCC[C@H]1c1ncn[nH]1. The van der Waals surface area contributed by atoms with Gasteiger partial charge in [0.25, 0.3) is 0 Å². The topological polar surface area (TPSA) is 75.5 Å². The van der Waals surface area contributed by atoms with Gasteiger partial charge >= 0.3 is 0 Å². The first-order valence-electron chi connectivity index (χ1n) is 7.54. The van der Waals surface area contributed by atoms with Crippen LogP contribution in [0.2, 0.25) is 0 Å². The molecule has 0 saturated carbocycles. The molecule has 1 N–H and O–H groups in total. The second kappa shape index (κ2) is 5.55. The lowest BCUT2D eigenvalue weighted by Crippen LogP contribution is -2.36. The number of aromatic amines is 1. The molecule has 1 saturated heterocycles. The lowest BCUT2D eigenvalue weighted by molar-refractivity contribution is 0.125. The van der Waals surface area contributed by atoms with Gasteiger partial charge in [0, 0.05) is 0 Å². The average Bonchev–Trinajstić information content (AvgIpc) is 3.09. The van der Waals surface area contributed by atoms with Gasteiger partial charge in [-0.2, -0.15) is 10.2 Å². The van der Waals surface area contributed by atoms with Gasteiger partial charge in [0.1, 0.15) is 24.3 Å². The predicted molar refractivity (Wildman–Crippen MR) is 78.4 cm³/mol. The van der Waals surface area contributed by atoms with E-state index in [0.717, 1.165) is 31.2 Å². The van der Waals surface area contributed by atoms with E-state index >= 15 is 0 Å². The average molecular weight is 289 g/mol. The number of H-pyrrole nitrogens is 1. The summed E-state index contributed by atoms with van der Waals surface area (Å²) in [5, 5.41) is 11.4. The van der Waals surface area contributed by atoms with Crippen LogP contribution in [0, 0.1) is 0 Å². The fourth-order valence-electron chi connectivity index (χ4n) is 2.98. The molecule has 2 aromatic heterocycles. The van der Waals surface area contributed by atoms with Crippen LogP contribution in [0.1, 0.15) is 57.7 Å². The highest BCUT2D eigenvalue weighted by molar-refractivity contribution is 4.98. The molecule has 0 aliphatic carbocycles. The van der Waals surface area contributed by atoms with Crippen LogP contribution in [0.3, 0.4) is 0 Å². The number of nitrogens with one attached hydrogen (secondary N) is 1. The molecule has 0 amide bonds. The van der Waals surface area contributed by atoms with Crippen LogP contribution in [0.4, 0.5) is 0 Å². The summed E-state index contributed by atoms with van der Waals surface area (Å²) in [4.78, 5) is 11.2. The van der Waals surface area contributed by atoms with Crippen molar-refractivity contribution >= 4 is 0 Å². The molecule has 0 aromatic carbocycles. The standard InChI is InChI=1S/C14H23N7/c1-14(2,3)21-12(15-10-18-21)8-20-7-5-4-6-11(20)13-16-9-17-19-13/h9-11H,4-8H2,1-3H3,(H,16,17,19)/t11-/m0/s1. The molecule has 7 heteroatoms. The van der Waals surface area contributed by atoms with E-state index in [0.29, 0.717) is 6.04 Å². The fourth-order valence-corrected chi connectivity index (χ4v) is 2.98. The quantitative estimate of drug-likeness (QED) is 0.933. The molecule has 1 aliphatic heterocycles. The Morgan fingerprint density at radius 3 is 2.81 bits per heavy atom. The van der Waals surface area contributed by atoms with Gasteiger partial charge in [-0.05, 0) is 40.2 Å². The van der Waals surface area contributed by atoms with Crippen LogP contribution in [0.5, 0.6) is 0 Å². The van der Waals surface area contributed by atoms with Gasteiger partial charge in [0.15, 0.2) is 0 Å². The Hall–Kier alpha value is -1.76. The molecule has 0 bridgehead atoms. The molecule has 7 nitrogen and oxygen atoms in total. The molecule has 1 fully saturated rings. The Kier molecular flexibility index (Phi) is 3.75. The van der Waals surface area contributed by atoms with E-state index in [1.165, 1.54) is 12.8 Å². The second-order valence-electron chi connectivity index (χ2n) is 6.61. The third-order valence-corrected chi connectivity index (χ3v) is 3.96. The minimum atomic E-state index is -0.0522. The minimum Gasteiger partial charge on any atom is -0.286 e. The summed E-state index contributed by atoms with van der Waals surface area (Å²) in [5.41, 5.74) is -0.0522. The largest absolute Gasteiger partial charge is 0.286 e. The number of piperidine rings is 1. The normalized spacial score (nSPS) is 20.8. The van der Waals surface area contributed by atoms with Crippen molar-refractivity contribution in [3.05, 3.63) is 24.3 Å². The van der Waals surface area contributed by atoms with E-state index in [2.05, 4.69) is 50.9 Å². The third kappa shape index (κ3) is 2.97. The molecule has 1 atom stereocenters. The van der Waals surface area contributed by atoms with Gasteiger partial charge < -0.3 is 0 Å². The zero-order chi connectivity index (χ0) is 14.9. The Morgan fingerprint density at radius 2 is 2.10 bits per heavy atom. The number of aromatic nitrogens is 6. The Balaban J connectivity index is 1.81. The van der Waals surface area contributed by atoms with Crippen molar-refractivity contribution in [1.82, 2.24) is 34.8 Å². The van der Waals surface area contributed by atoms with Crippen LogP contribution in [0.15, 0.2) is 12.7 Å². The molecule has 2 aromatic rings. The number of hydrogen-bond acceptors (Lipinski definition) is 5. The van der Waals surface area contributed by atoms with E-state index in [1.807, 2.05) is 4.68 Å². The van der Waals surface area contributed by atoms with Crippen molar-refractivity contribution in [3.63, 3.8) is 0 Å². The summed E-state index contributed by atoms with van der Waals surface area (Å²) in [5.74, 6) is 1.96. The van der Waals surface area contributed by atoms with Crippen molar-refractivity contribution in [1.29, 1.82) is 0 Å². The van der Waals surface area contributed by atoms with E-state index in [-0.39, 0.29) is 5.54 Å². The molecule has 0 spiro atoms. The third-order valence-electron chi connectivity index (χ3n) is 3.96. The van der Waals surface area contributed by atoms with Crippen molar-refractivity contribution in [2.24, 2.45) is 0 Å². The molecule has 3 heterocycles. The highest BCUT2D eigenvalue weighted by Crippen LogP contribution is 2.30. The maximum absolute atomic E-state index is 4.46. The molecule has 1 aliphatic rings. The molecule has 0 radical (unpaired) electrons. The summed E-state index contributed by atoms with van der Waals surface area (Å²) in [7, 11) is 0. The first-order valence-corrected chi connectivity index (χ1v) is 7.54. The first kappa shape index (κ1) is 14.2. The molecule has 3 rings (SSSR count). The van der Waals surface area contributed by atoms with Gasteiger partial charge in [-0.3, -0.25) is 10.00 Å². The lowest BCUT2D eigenvalue weighted by Gasteiger charge is -2.34. The van der Waals surface area contributed by atoms with Crippen LogP contribution in [0.25, 0.3) is 0 Å². The summed E-state index contributed by atoms with van der Waals surface area (Å²) >= 11 is 0. The van der Waals surface area contributed by atoms with Gasteiger partial charge in [0.05, 0.1) is 18.1 Å². The number of likely N-dealkylation sites (tertiary alicyclic amines) is 1. The smallest absolute Gasteiger partial charge is 0.141 e. The summed E-state index contributed by atoms with van der Waals surface area (Å²) in [6, 6.07) is 0.298. The van der Waals surface area contributed by atoms with Crippen LogP contribution in [-0.2, 0) is 12.1 Å². The number of rotatable bonds is 3. The second-order valence-corrected chi connectivity index (χ2v) is 6.61. The van der Waals surface area contributed by atoms with Gasteiger partial charge in [-0.25, -0.2) is 14.6 Å². The predicted octanol–water partition coefficient (Wildman–Crippen LogP) is 1.88. The van der Waals surface area contributed by atoms with Crippen molar-refractivity contribution in [3.8, 4) is 0 Å². The van der Waals surface area contributed by atoms with Gasteiger partial charge in [-0.1, -0.05) is 6.42 Å². The van der Waals surface area contributed by atoms with Crippen molar-refractivity contribution in [2.75, 3.05) is 6.54 Å². The number of hydrogen-bond donors (Lipinski definition) is 1. The Bertz CT molecular complexity index is 566. The summed E-state index contributed by atoms with van der Waals surface area (Å²) < 4.78 is 2.01. The van der Waals surface area contributed by atoms with Gasteiger partial charge in [-0.15, -0.1) is 0 Å². The summed E-state index contributed by atoms with van der Waals surface area (Å²) in [6.45, 7) is 8.30. The van der Waals surface area contributed by atoms with E-state index in [9.17, 15) is 0 Å². The molecule has 114 valence electrons. The zero-order valence-corrected chi connectivity index (χ0v) is 13.0. The highest BCUT2D eigenvalue weighted by Gasteiger charge is 2.28. The maximum atomic E-state index is 4.46. The number of nitrogens with zero attached hydrogens (tertiary/aromatic N) is 6. The molecular weight excluding hydrogens is 266 g/mol. The Morgan fingerprint density at radius 1 is 1.24 bits per heavy atom. The van der Waals surface area contributed by atoms with Gasteiger partial charge in [0.2, 0.25) is 0 Å². The summed E-state index contributed by atoms with van der Waals surface area (Å²) in [6.07, 6.45) is 6.79. The monoisotopic (exact) mass is 289 g/mol. The minimum absolute atomic E-state index is 0.0522. The van der Waals surface area contributed by atoms with Crippen molar-refractivity contribution in [2.45, 2.75) is 58.2 Å². The first-order chi connectivity index (χ1) is 10.1. The van der Waals surface area contributed by atoms with Crippen LogP contribution in [-0.4, -0.2) is 41.4 Å². The molecule has 21 heavy (non-hydrogen) atoms. The fraction of sp³-hybridized carbons (Fsp3) is 0.714. The van der Waals surface area contributed by atoms with E-state index in [1.54, 1.807) is 12.7 Å². The molecule has 0 unspecified atom stereocenters. The Labute approximate surface area is 124 Å². The zero-order valence-electron chi connectivity index (χ0n) is 13.0. The van der Waals surface area contributed by atoms with E-state index < -0.39 is 0 Å². The van der Waals surface area contributed by atoms with Crippen LogP contribution < -0.4 is 0 Å². The van der Waals surface area contributed by atoms with Crippen LogP contribution >= 0.6 is 0 Å². The molecular formula is C14H23N7. The van der Waals surface area contributed by atoms with Crippen molar-refractivity contribution < 1.29 is 0 Å². The lowest BCUT2D eigenvalue weighted by atomic mass is 10.0. The highest BCUT2D eigenvalue weighted by atomic mass is 15.4.